The topological polar surface area (TPSA) is 77.0 Å². The van der Waals surface area contributed by atoms with Crippen LogP contribution in [0.3, 0.4) is 0 Å². The molecule has 26 heavy (non-hydrogen) atoms. The lowest BCUT2D eigenvalue weighted by Crippen LogP contribution is -2.36. The number of carbonyl (C=O) groups is 1. The Morgan fingerprint density at radius 1 is 1.19 bits per heavy atom. The molecule has 0 aliphatic carbocycles. The van der Waals surface area contributed by atoms with Gasteiger partial charge in [-0.15, -0.1) is 11.3 Å². The molecule has 134 valence electrons. The summed E-state index contributed by atoms with van der Waals surface area (Å²) in [5.74, 6) is 1.13. The lowest BCUT2D eigenvalue weighted by Gasteiger charge is -2.25. The minimum absolute atomic E-state index is 0.204. The predicted molar refractivity (Wildman–Crippen MR) is 101 cm³/mol. The zero-order valence-electron chi connectivity index (χ0n) is 14.9. The van der Waals surface area contributed by atoms with Crippen molar-refractivity contribution in [3.05, 3.63) is 59.4 Å². The van der Waals surface area contributed by atoms with Gasteiger partial charge in [0, 0.05) is 29.7 Å². The second-order valence-electron chi connectivity index (χ2n) is 6.41. The average Bonchev–Trinajstić information content (AvgIpc) is 3.17. The molecule has 3 rings (SSSR count). The Balaban J connectivity index is 1.65. The van der Waals surface area contributed by atoms with Gasteiger partial charge in [-0.2, -0.15) is 0 Å². The number of thiazole rings is 1. The van der Waals surface area contributed by atoms with Crippen molar-refractivity contribution in [1.29, 1.82) is 0 Å². The lowest BCUT2D eigenvalue weighted by atomic mass is 9.84. The van der Waals surface area contributed by atoms with E-state index in [1.807, 2.05) is 24.3 Å². The van der Waals surface area contributed by atoms with Gasteiger partial charge in [0.15, 0.2) is 10.8 Å². The van der Waals surface area contributed by atoms with E-state index in [1.54, 1.807) is 30.9 Å². The first-order chi connectivity index (χ1) is 12.5. The predicted octanol–water partition coefficient (Wildman–Crippen LogP) is 3.32. The van der Waals surface area contributed by atoms with Crippen LogP contribution in [0.2, 0.25) is 0 Å². The van der Waals surface area contributed by atoms with Crippen LogP contribution in [0.4, 0.5) is 0 Å². The fourth-order valence-electron chi connectivity index (χ4n) is 2.43. The number of nitrogens with one attached hydrogen (secondary N) is 1. The zero-order chi connectivity index (χ0) is 18.6. The molecule has 6 nitrogen and oxygen atoms in total. The summed E-state index contributed by atoms with van der Waals surface area (Å²) < 4.78 is 5.19. The minimum atomic E-state index is -0.219. The van der Waals surface area contributed by atoms with Gasteiger partial charge in [-0.25, -0.2) is 15.0 Å². The molecule has 0 unspecified atom stereocenters. The smallest absolute Gasteiger partial charge is 0.270 e. The second-order valence-corrected chi connectivity index (χ2v) is 7.26. The molecule has 1 N–H and O–H groups in total. The van der Waals surface area contributed by atoms with E-state index in [-0.39, 0.29) is 11.3 Å². The largest absolute Gasteiger partial charge is 0.497 e. The van der Waals surface area contributed by atoms with Crippen LogP contribution in [-0.2, 0) is 5.41 Å². The Kier molecular flexibility index (Phi) is 5.27. The van der Waals surface area contributed by atoms with Gasteiger partial charge in [0.2, 0.25) is 0 Å². The number of aromatic nitrogens is 3. The fourth-order valence-corrected chi connectivity index (χ4v) is 3.17. The van der Waals surface area contributed by atoms with Gasteiger partial charge in [-0.3, -0.25) is 4.79 Å². The van der Waals surface area contributed by atoms with Gasteiger partial charge in [-0.05, 0) is 23.8 Å². The Morgan fingerprint density at radius 2 is 1.88 bits per heavy atom. The van der Waals surface area contributed by atoms with Crippen molar-refractivity contribution in [3.8, 4) is 16.6 Å². The summed E-state index contributed by atoms with van der Waals surface area (Å²) in [7, 11) is 1.64. The third-order valence-electron chi connectivity index (χ3n) is 4.06. The fraction of sp³-hybridized carbons (Fsp3) is 0.263. The maximum absolute atomic E-state index is 12.4. The Bertz CT molecular complexity index is 876. The molecule has 1 amide bonds. The molecule has 0 saturated carbocycles. The maximum Gasteiger partial charge on any atom is 0.270 e. The summed E-state index contributed by atoms with van der Waals surface area (Å²) >= 11 is 1.35. The highest BCUT2D eigenvalue weighted by molar-refractivity contribution is 7.13. The number of benzene rings is 1. The molecule has 2 heterocycles. The van der Waals surface area contributed by atoms with Crippen molar-refractivity contribution in [2.75, 3.05) is 13.7 Å². The number of hydrogen-bond donors (Lipinski definition) is 1. The Labute approximate surface area is 156 Å². The standard InChI is InChI=1S/C19H20N4O2S/c1-19(2,13-5-7-14(25-3)8-6-13)12-22-17(24)15-11-26-18(23-15)16-20-9-4-10-21-16/h4-11H,12H2,1-3H3,(H,22,24). The van der Waals surface area contributed by atoms with Crippen molar-refractivity contribution in [2.45, 2.75) is 19.3 Å². The van der Waals surface area contributed by atoms with Gasteiger partial charge in [0.1, 0.15) is 11.4 Å². The van der Waals surface area contributed by atoms with Crippen molar-refractivity contribution in [1.82, 2.24) is 20.3 Å². The van der Waals surface area contributed by atoms with E-state index in [2.05, 4.69) is 34.1 Å². The molecule has 0 bridgehead atoms. The zero-order valence-corrected chi connectivity index (χ0v) is 15.7. The molecule has 0 radical (unpaired) electrons. The second kappa shape index (κ2) is 7.61. The molecule has 0 spiro atoms. The molecule has 0 aliphatic heterocycles. The molecule has 0 saturated heterocycles. The van der Waals surface area contributed by atoms with Crippen molar-refractivity contribution < 1.29 is 9.53 Å². The number of hydrogen-bond acceptors (Lipinski definition) is 6. The summed E-state index contributed by atoms with van der Waals surface area (Å²) in [5, 5.41) is 5.32. The van der Waals surface area contributed by atoms with Gasteiger partial charge in [0.05, 0.1) is 7.11 Å². The number of ether oxygens (including phenoxy) is 1. The normalized spacial score (nSPS) is 11.2. The molecule has 0 aliphatic rings. The van der Waals surface area contributed by atoms with Crippen LogP contribution in [-0.4, -0.2) is 34.5 Å². The van der Waals surface area contributed by atoms with E-state index >= 15 is 0 Å². The number of amides is 1. The summed E-state index contributed by atoms with van der Waals surface area (Å²) in [5.41, 5.74) is 1.28. The molecule has 0 atom stereocenters. The quantitative estimate of drug-likeness (QED) is 0.722. The van der Waals surface area contributed by atoms with Gasteiger partial charge < -0.3 is 10.1 Å². The van der Waals surface area contributed by atoms with E-state index in [4.69, 9.17) is 4.74 Å². The maximum atomic E-state index is 12.4. The first-order valence-electron chi connectivity index (χ1n) is 8.15. The van der Waals surface area contributed by atoms with Crippen molar-refractivity contribution >= 4 is 17.2 Å². The number of methoxy groups -OCH3 is 1. The van der Waals surface area contributed by atoms with Crippen LogP contribution in [0.25, 0.3) is 10.8 Å². The Hall–Kier alpha value is -2.80. The first-order valence-corrected chi connectivity index (χ1v) is 9.03. The summed E-state index contributed by atoms with van der Waals surface area (Å²) in [6.45, 7) is 4.66. The van der Waals surface area contributed by atoms with E-state index in [0.29, 0.717) is 23.1 Å². The highest BCUT2D eigenvalue weighted by Crippen LogP contribution is 2.25. The summed E-state index contributed by atoms with van der Waals surface area (Å²) in [6.07, 6.45) is 3.31. The van der Waals surface area contributed by atoms with Gasteiger partial charge in [-0.1, -0.05) is 26.0 Å². The van der Waals surface area contributed by atoms with Crippen molar-refractivity contribution in [3.63, 3.8) is 0 Å². The van der Waals surface area contributed by atoms with Crippen LogP contribution in [0.1, 0.15) is 29.9 Å². The Morgan fingerprint density at radius 3 is 2.54 bits per heavy atom. The van der Waals surface area contributed by atoms with Gasteiger partial charge >= 0.3 is 0 Å². The molecule has 3 aromatic rings. The van der Waals surface area contributed by atoms with Crippen LogP contribution >= 0.6 is 11.3 Å². The van der Waals surface area contributed by atoms with Gasteiger partial charge in [0.25, 0.3) is 5.91 Å². The minimum Gasteiger partial charge on any atom is -0.497 e. The molecule has 1 aromatic carbocycles. The molecular weight excluding hydrogens is 348 g/mol. The van der Waals surface area contributed by atoms with Crippen LogP contribution in [0.5, 0.6) is 5.75 Å². The molecule has 2 aromatic heterocycles. The first kappa shape index (κ1) is 18.0. The van der Waals surface area contributed by atoms with Crippen molar-refractivity contribution in [2.24, 2.45) is 0 Å². The average molecular weight is 368 g/mol. The third kappa shape index (κ3) is 4.05. The lowest BCUT2D eigenvalue weighted by molar-refractivity contribution is 0.0941. The number of carbonyl (C=O) groups excluding carboxylic acids is 1. The SMILES string of the molecule is COc1ccc(C(C)(C)CNC(=O)c2csc(-c3ncccn3)n2)cc1. The molecule has 7 heteroatoms. The number of nitrogens with zero attached hydrogens (tertiary/aromatic N) is 3. The van der Waals surface area contributed by atoms with Crippen LogP contribution in [0, 0.1) is 0 Å². The highest BCUT2D eigenvalue weighted by Gasteiger charge is 2.22. The highest BCUT2D eigenvalue weighted by atomic mass is 32.1. The van der Waals surface area contributed by atoms with Crippen LogP contribution in [0.15, 0.2) is 48.1 Å². The monoisotopic (exact) mass is 368 g/mol. The third-order valence-corrected chi connectivity index (χ3v) is 4.89. The van der Waals surface area contributed by atoms with Crippen LogP contribution < -0.4 is 10.1 Å². The summed E-state index contributed by atoms with van der Waals surface area (Å²) in [6, 6.07) is 9.61. The van der Waals surface area contributed by atoms with E-state index in [1.165, 1.54) is 11.3 Å². The summed E-state index contributed by atoms with van der Waals surface area (Å²) in [4.78, 5) is 25.1. The number of rotatable bonds is 6. The molecule has 0 fully saturated rings. The van der Waals surface area contributed by atoms with E-state index < -0.39 is 0 Å². The van der Waals surface area contributed by atoms with E-state index in [9.17, 15) is 4.79 Å². The van der Waals surface area contributed by atoms with E-state index in [0.717, 1.165) is 11.3 Å². The molecular formula is C19H20N4O2S.